The molecule has 1 fully saturated rings. The number of hydrogen-bond donors (Lipinski definition) is 0. The molecule has 2 rings (SSSR count). The lowest BCUT2D eigenvalue weighted by atomic mass is 10.2. The molecule has 0 spiro atoms. The first kappa shape index (κ1) is 11.1. The molecule has 1 aliphatic heterocycles. The van der Waals surface area contributed by atoms with Crippen molar-refractivity contribution < 1.29 is 4.74 Å². The third-order valence-corrected chi connectivity index (χ3v) is 2.87. The fourth-order valence-corrected chi connectivity index (χ4v) is 1.98. The molecule has 4 nitrogen and oxygen atoms in total. The Morgan fingerprint density at radius 1 is 1.38 bits per heavy atom. The molecular weight excluding hydrogens is 204 g/mol. The van der Waals surface area contributed by atoms with E-state index in [0.29, 0.717) is 13.2 Å². The molecule has 0 radical (unpaired) electrons. The van der Waals surface area contributed by atoms with Gasteiger partial charge in [-0.15, -0.1) is 4.91 Å². The molecule has 0 unspecified atom stereocenters. The van der Waals surface area contributed by atoms with E-state index in [1.165, 1.54) is 0 Å². The van der Waals surface area contributed by atoms with E-state index < -0.39 is 0 Å². The molecule has 4 heteroatoms. The lowest BCUT2D eigenvalue weighted by Crippen LogP contribution is -2.28. The number of nitroso groups, excluding NO2 is 1. The Morgan fingerprint density at radius 3 is 2.94 bits per heavy atom. The van der Waals surface area contributed by atoms with Crippen LogP contribution in [0.5, 0.6) is 0 Å². The normalized spacial score (nSPS) is 20.0. The molecule has 16 heavy (non-hydrogen) atoms. The van der Waals surface area contributed by atoms with Gasteiger partial charge in [-0.25, -0.2) is 0 Å². The fourth-order valence-electron chi connectivity index (χ4n) is 1.98. The van der Waals surface area contributed by atoms with Crippen LogP contribution in [-0.4, -0.2) is 24.2 Å². The smallest absolute Gasteiger partial charge is 0.0736 e. The Balaban J connectivity index is 1.74. The van der Waals surface area contributed by atoms with E-state index in [1.54, 1.807) is 5.01 Å². The van der Waals surface area contributed by atoms with Crippen LogP contribution in [0.4, 0.5) is 0 Å². The summed E-state index contributed by atoms with van der Waals surface area (Å²) in [6.45, 7) is 1.95. The van der Waals surface area contributed by atoms with Gasteiger partial charge in [0.25, 0.3) is 0 Å². The maximum Gasteiger partial charge on any atom is 0.0736 e. The van der Waals surface area contributed by atoms with Crippen LogP contribution < -0.4 is 0 Å². The first-order chi connectivity index (χ1) is 7.90. The Bertz CT molecular complexity index is 329. The summed E-state index contributed by atoms with van der Waals surface area (Å²) >= 11 is 0. The summed E-state index contributed by atoms with van der Waals surface area (Å²) < 4.78 is 5.60. The summed E-state index contributed by atoms with van der Waals surface area (Å²) in [5, 5.41) is 4.59. The van der Waals surface area contributed by atoms with Gasteiger partial charge >= 0.3 is 0 Å². The maximum atomic E-state index is 10.5. The topological polar surface area (TPSA) is 41.9 Å². The number of nitrogens with zero attached hydrogens (tertiary/aromatic N) is 2. The van der Waals surface area contributed by atoms with Gasteiger partial charge in [-0.3, -0.25) is 5.01 Å². The van der Waals surface area contributed by atoms with Gasteiger partial charge in [-0.2, -0.15) is 0 Å². The Morgan fingerprint density at radius 2 is 2.19 bits per heavy atom. The van der Waals surface area contributed by atoms with Crippen LogP contribution in [0.15, 0.2) is 35.6 Å². The van der Waals surface area contributed by atoms with Crippen molar-refractivity contribution in [2.75, 3.05) is 13.2 Å². The molecule has 1 aromatic carbocycles. The van der Waals surface area contributed by atoms with Crippen molar-refractivity contribution in [2.24, 2.45) is 5.29 Å². The summed E-state index contributed by atoms with van der Waals surface area (Å²) in [6.07, 6.45) is 2.03. The quantitative estimate of drug-likeness (QED) is 0.715. The van der Waals surface area contributed by atoms with E-state index in [-0.39, 0.29) is 6.04 Å². The first-order valence-electron chi connectivity index (χ1n) is 5.62. The molecule has 0 N–H and O–H groups in total. The van der Waals surface area contributed by atoms with Crippen LogP contribution in [0.25, 0.3) is 0 Å². The van der Waals surface area contributed by atoms with Crippen molar-refractivity contribution in [3.8, 4) is 0 Å². The SMILES string of the molecule is O=NN1CCC[C@H]1COCc1ccccc1. The van der Waals surface area contributed by atoms with Gasteiger partial charge in [0.15, 0.2) is 0 Å². The van der Waals surface area contributed by atoms with Gasteiger partial charge < -0.3 is 4.74 Å². The Kier molecular flexibility index (Phi) is 3.88. The number of ether oxygens (including phenoxy) is 1. The van der Waals surface area contributed by atoms with Crippen LogP contribution in [0, 0.1) is 4.91 Å². The van der Waals surface area contributed by atoms with Gasteiger partial charge in [0, 0.05) is 6.54 Å². The molecule has 0 bridgehead atoms. The predicted octanol–water partition coefficient (Wildman–Crippen LogP) is 2.35. The zero-order chi connectivity index (χ0) is 11.2. The van der Waals surface area contributed by atoms with Gasteiger partial charge in [0.2, 0.25) is 0 Å². The van der Waals surface area contributed by atoms with Crippen LogP contribution >= 0.6 is 0 Å². The fraction of sp³-hybridized carbons (Fsp3) is 0.500. The van der Waals surface area contributed by atoms with E-state index in [4.69, 9.17) is 4.74 Å². The number of rotatable bonds is 5. The van der Waals surface area contributed by atoms with Crippen molar-refractivity contribution in [3.63, 3.8) is 0 Å². The summed E-state index contributed by atoms with van der Waals surface area (Å²) in [5.74, 6) is 0. The highest BCUT2D eigenvalue weighted by Gasteiger charge is 2.24. The highest BCUT2D eigenvalue weighted by atomic mass is 16.5. The van der Waals surface area contributed by atoms with Crippen LogP contribution in [0.2, 0.25) is 0 Å². The van der Waals surface area contributed by atoms with E-state index in [0.717, 1.165) is 24.9 Å². The molecule has 1 aromatic rings. The third kappa shape index (κ3) is 2.79. The molecule has 86 valence electrons. The predicted molar refractivity (Wildman–Crippen MR) is 61.6 cm³/mol. The second-order valence-corrected chi connectivity index (χ2v) is 4.04. The monoisotopic (exact) mass is 220 g/mol. The summed E-state index contributed by atoms with van der Waals surface area (Å²) in [6, 6.07) is 10.2. The lowest BCUT2D eigenvalue weighted by Gasteiger charge is -2.17. The number of benzene rings is 1. The highest BCUT2D eigenvalue weighted by Crippen LogP contribution is 2.17. The van der Waals surface area contributed by atoms with E-state index in [2.05, 4.69) is 5.29 Å². The Labute approximate surface area is 95.2 Å². The molecule has 0 aliphatic carbocycles. The minimum absolute atomic E-state index is 0.168. The van der Waals surface area contributed by atoms with Crippen molar-refractivity contribution in [1.82, 2.24) is 5.01 Å². The van der Waals surface area contributed by atoms with Crippen molar-refractivity contribution >= 4 is 0 Å². The highest BCUT2D eigenvalue weighted by molar-refractivity contribution is 5.13. The second-order valence-electron chi connectivity index (χ2n) is 4.04. The van der Waals surface area contributed by atoms with Crippen LogP contribution in [-0.2, 0) is 11.3 Å². The average Bonchev–Trinajstić information content (AvgIpc) is 2.78. The summed E-state index contributed by atoms with van der Waals surface area (Å²) in [7, 11) is 0. The zero-order valence-corrected chi connectivity index (χ0v) is 9.21. The van der Waals surface area contributed by atoms with Gasteiger partial charge in [0.1, 0.15) is 0 Å². The molecule has 0 saturated carbocycles. The van der Waals surface area contributed by atoms with E-state index in [1.807, 2.05) is 30.3 Å². The summed E-state index contributed by atoms with van der Waals surface area (Å²) in [4.78, 5) is 10.5. The summed E-state index contributed by atoms with van der Waals surface area (Å²) in [5.41, 5.74) is 1.16. The van der Waals surface area contributed by atoms with Crippen LogP contribution in [0.1, 0.15) is 18.4 Å². The zero-order valence-electron chi connectivity index (χ0n) is 9.21. The Hall–Kier alpha value is -1.42. The first-order valence-corrected chi connectivity index (χ1v) is 5.62. The van der Waals surface area contributed by atoms with Gasteiger partial charge in [0.05, 0.1) is 24.5 Å². The van der Waals surface area contributed by atoms with Gasteiger partial charge in [-0.1, -0.05) is 30.3 Å². The van der Waals surface area contributed by atoms with E-state index in [9.17, 15) is 4.91 Å². The third-order valence-electron chi connectivity index (χ3n) is 2.87. The van der Waals surface area contributed by atoms with Crippen molar-refractivity contribution in [3.05, 3.63) is 40.8 Å². The molecule has 1 saturated heterocycles. The standard InChI is InChI=1S/C12H16N2O2/c15-13-14-8-4-7-12(14)10-16-9-11-5-2-1-3-6-11/h1-3,5-6,12H,4,7-10H2/t12-/m0/s1. The van der Waals surface area contributed by atoms with Crippen LogP contribution in [0.3, 0.4) is 0 Å². The molecule has 0 aromatic heterocycles. The largest absolute Gasteiger partial charge is 0.375 e. The lowest BCUT2D eigenvalue weighted by molar-refractivity contribution is 0.0672. The number of hydrogen-bond acceptors (Lipinski definition) is 3. The van der Waals surface area contributed by atoms with Crippen molar-refractivity contribution in [1.29, 1.82) is 0 Å². The van der Waals surface area contributed by atoms with E-state index >= 15 is 0 Å². The minimum Gasteiger partial charge on any atom is -0.375 e. The minimum atomic E-state index is 0.168. The van der Waals surface area contributed by atoms with Gasteiger partial charge in [-0.05, 0) is 18.4 Å². The average molecular weight is 220 g/mol. The molecule has 1 aliphatic rings. The molecular formula is C12H16N2O2. The molecule has 1 heterocycles. The molecule has 0 amide bonds. The van der Waals surface area contributed by atoms with Crippen molar-refractivity contribution in [2.45, 2.75) is 25.5 Å². The molecule has 1 atom stereocenters. The second kappa shape index (κ2) is 5.61. The maximum absolute atomic E-state index is 10.5.